The van der Waals surface area contributed by atoms with Crippen molar-refractivity contribution in [2.75, 3.05) is 21.2 Å². The van der Waals surface area contributed by atoms with Gasteiger partial charge in [-0.2, -0.15) is 0 Å². The second-order valence-electron chi connectivity index (χ2n) is 5.01. The zero-order chi connectivity index (χ0) is 14.9. The number of benzene rings is 1. The van der Waals surface area contributed by atoms with E-state index in [1.807, 2.05) is 32.0 Å². The highest BCUT2D eigenvalue weighted by Gasteiger charge is 2.15. The van der Waals surface area contributed by atoms with Gasteiger partial charge in [0.05, 0.1) is 7.11 Å². The number of nitrogens with zero attached hydrogens (tertiary/aromatic N) is 1. The van der Waals surface area contributed by atoms with Gasteiger partial charge in [-0.1, -0.05) is 0 Å². The third-order valence-corrected chi connectivity index (χ3v) is 3.17. The van der Waals surface area contributed by atoms with Crippen LogP contribution in [-0.2, 0) is 0 Å². The first kappa shape index (κ1) is 14.2. The average Bonchev–Trinajstić information content (AvgIpc) is 2.86. The van der Waals surface area contributed by atoms with Crippen molar-refractivity contribution in [3.05, 3.63) is 41.2 Å². The summed E-state index contributed by atoms with van der Waals surface area (Å²) in [4.78, 5) is 13.3. The molecule has 0 bridgehead atoms. The Morgan fingerprint density at radius 2 is 1.75 bits per heavy atom. The lowest BCUT2D eigenvalue weighted by Crippen LogP contribution is -2.20. The molecule has 0 N–H and O–H groups in total. The second kappa shape index (κ2) is 5.41. The van der Waals surface area contributed by atoms with Crippen LogP contribution in [0.5, 0.6) is 5.75 Å². The fourth-order valence-corrected chi connectivity index (χ4v) is 2.24. The standard InChI is InChI=1S/C16H19NO3/c1-10-8-12(9-11(2)15(10)19-5)13-6-7-14(20-13)16(18)17(3)4/h6-9H,1-5H3. The van der Waals surface area contributed by atoms with Crippen molar-refractivity contribution in [3.63, 3.8) is 0 Å². The number of methoxy groups -OCH3 is 1. The summed E-state index contributed by atoms with van der Waals surface area (Å²) in [6.07, 6.45) is 0. The lowest BCUT2D eigenvalue weighted by atomic mass is 10.0. The minimum atomic E-state index is -0.141. The number of ether oxygens (including phenoxy) is 1. The van der Waals surface area contributed by atoms with E-state index in [9.17, 15) is 4.79 Å². The normalized spacial score (nSPS) is 10.4. The summed E-state index contributed by atoms with van der Waals surface area (Å²) < 4.78 is 11.0. The molecule has 0 unspecified atom stereocenters. The Morgan fingerprint density at radius 3 is 2.25 bits per heavy atom. The summed E-state index contributed by atoms with van der Waals surface area (Å²) in [5.74, 6) is 1.77. The predicted molar refractivity (Wildman–Crippen MR) is 78.2 cm³/mol. The Labute approximate surface area is 119 Å². The molecular weight excluding hydrogens is 254 g/mol. The van der Waals surface area contributed by atoms with Crippen molar-refractivity contribution >= 4 is 5.91 Å². The van der Waals surface area contributed by atoms with Crippen LogP contribution in [0.3, 0.4) is 0 Å². The van der Waals surface area contributed by atoms with Crippen LogP contribution in [-0.4, -0.2) is 32.0 Å². The summed E-state index contributed by atoms with van der Waals surface area (Å²) in [5, 5.41) is 0. The summed E-state index contributed by atoms with van der Waals surface area (Å²) in [7, 11) is 5.06. The molecule has 1 aromatic carbocycles. The molecule has 0 fully saturated rings. The van der Waals surface area contributed by atoms with Crippen LogP contribution in [0.4, 0.5) is 0 Å². The molecule has 0 saturated heterocycles. The lowest BCUT2D eigenvalue weighted by Gasteiger charge is -2.10. The first-order chi connectivity index (χ1) is 9.43. The molecule has 106 valence electrons. The number of amides is 1. The number of carbonyl (C=O) groups is 1. The van der Waals surface area contributed by atoms with Gasteiger partial charge in [0.15, 0.2) is 5.76 Å². The fraction of sp³-hybridized carbons (Fsp3) is 0.312. The molecule has 0 atom stereocenters. The fourth-order valence-electron chi connectivity index (χ4n) is 2.24. The number of rotatable bonds is 3. The molecule has 4 heteroatoms. The molecule has 20 heavy (non-hydrogen) atoms. The monoisotopic (exact) mass is 273 g/mol. The molecule has 0 spiro atoms. The molecule has 0 aliphatic heterocycles. The average molecular weight is 273 g/mol. The van der Waals surface area contributed by atoms with E-state index in [4.69, 9.17) is 9.15 Å². The maximum atomic E-state index is 11.8. The van der Waals surface area contributed by atoms with Gasteiger partial charge in [0.25, 0.3) is 5.91 Å². The summed E-state index contributed by atoms with van der Waals surface area (Å²) >= 11 is 0. The maximum absolute atomic E-state index is 11.8. The lowest BCUT2D eigenvalue weighted by molar-refractivity contribution is 0.0797. The zero-order valence-electron chi connectivity index (χ0n) is 12.5. The van der Waals surface area contributed by atoms with Gasteiger partial charge in [0.1, 0.15) is 11.5 Å². The molecule has 1 amide bonds. The van der Waals surface area contributed by atoms with E-state index in [0.717, 1.165) is 22.4 Å². The van der Waals surface area contributed by atoms with Gasteiger partial charge in [0.2, 0.25) is 0 Å². The zero-order valence-corrected chi connectivity index (χ0v) is 12.5. The number of hydrogen-bond donors (Lipinski definition) is 0. The van der Waals surface area contributed by atoms with E-state index in [-0.39, 0.29) is 5.91 Å². The Balaban J connectivity index is 2.40. The highest BCUT2D eigenvalue weighted by atomic mass is 16.5. The Morgan fingerprint density at radius 1 is 1.15 bits per heavy atom. The Kier molecular flexibility index (Phi) is 3.84. The molecule has 1 heterocycles. The van der Waals surface area contributed by atoms with Gasteiger partial charge in [0, 0.05) is 19.7 Å². The third kappa shape index (κ3) is 2.54. The molecular formula is C16H19NO3. The van der Waals surface area contributed by atoms with E-state index in [1.54, 1.807) is 27.3 Å². The maximum Gasteiger partial charge on any atom is 0.289 e. The third-order valence-electron chi connectivity index (χ3n) is 3.17. The first-order valence-electron chi connectivity index (χ1n) is 6.41. The molecule has 0 radical (unpaired) electrons. The van der Waals surface area contributed by atoms with Crippen LogP contribution in [0, 0.1) is 13.8 Å². The molecule has 4 nitrogen and oxygen atoms in total. The van der Waals surface area contributed by atoms with Gasteiger partial charge in [-0.05, 0) is 49.2 Å². The van der Waals surface area contributed by atoms with Gasteiger partial charge >= 0.3 is 0 Å². The quantitative estimate of drug-likeness (QED) is 0.862. The van der Waals surface area contributed by atoms with Gasteiger partial charge < -0.3 is 14.1 Å². The highest BCUT2D eigenvalue weighted by Crippen LogP contribution is 2.31. The number of carbonyl (C=O) groups excluding carboxylic acids is 1. The summed E-state index contributed by atoms with van der Waals surface area (Å²) in [5.41, 5.74) is 3.03. The van der Waals surface area contributed by atoms with Crippen molar-refractivity contribution in [1.82, 2.24) is 4.90 Å². The number of furan rings is 1. The van der Waals surface area contributed by atoms with E-state index < -0.39 is 0 Å². The van der Waals surface area contributed by atoms with Crippen molar-refractivity contribution in [2.24, 2.45) is 0 Å². The van der Waals surface area contributed by atoms with Gasteiger partial charge in [-0.3, -0.25) is 4.79 Å². The molecule has 2 rings (SSSR count). The van der Waals surface area contributed by atoms with Crippen molar-refractivity contribution < 1.29 is 13.9 Å². The molecule has 0 saturated carbocycles. The van der Waals surface area contributed by atoms with Crippen LogP contribution in [0.2, 0.25) is 0 Å². The second-order valence-corrected chi connectivity index (χ2v) is 5.01. The molecule has 0 aliphatic rings. The van der Waals surface area contributed by atoms with Crippen LogP contribution < -0.4 is 4.74 Å². The predicted octanol–water partition coefficient (Wildman–Crippen LogP) is 3.27. The molecule has 0 aliphatic carbocycles. The van der Waals surface area contributed by atoms with Gasteiger partial charge in [-0.15, -0.1) is 0 Å². The largest absolute Gasteiger partial charge is 0.496 e. The molecule has 1 aromatic heterocycles. The van der Waals surface area contributed by atoms with Crippen LogP contribution in [0.25, 0.3) is 11.3 Å². The number of aryl methyl sites for hydroxylation is 2. The molecule has 2 aromatic rings. The van der Waals surface area contributed by atoms with Crippen LogP contribution in [0.1, 0.15) is 21.7 Å². The van der Waals surface area contributed by atoms with E-state index in [0.29, 0.717) is 11.5 Å². The minimum Gasteiger partial charge on any atom is -0.496 e. The van der Waals surface area contributed by atoms with Gasteiger partial charge in [-0.25, -0.2) is 0 Å². The first-order valence-corrected chi connectivity index (χ1v) is 6.41. The van der Waals surface area contributed by atoms with E-state index in [1.165, 1.54) is 4.90 Å². The van der Waals surface area contributed by atoms with Crippen molar-refractivity contribution in [2.45, 2.75) is 13.8 Å². The van der Waals surface area contributed by atoms with Crippen molar-refractivity contribution in [3.8, 4) is 17.1 Å². The number of hydrogen-bond acceptors (Lipinski definition) is 3. The van der Waals surface area contributed by atoms with E-state index in [2.05, 4.69) is 0 Å². The van der Waals surface area contributed by atoms with Crippen LogP contribution in [0.15, 0.2) is 28.7 Å². The van der Waals surface area contributed by atoms with Crippen LogP contribution >= 0.6 is 0 Å². The topological polar surface area (TPSA) is 42.7 Å². The van der Waals surface area contributed by atoms with Crippen molar-refractivity contribution in [1.29, 1.82) is 0 Å². The highest BCUT2D eigenvalue weighted by molar-refractivity contribution is 5.91. The Bertz CT molecular complexity index is 618. The SMILES string of the molecule is COc1c(C)cc(-c2ccc(C(=O)N(C)C)o2)cc1C. The summed E-state index contributed by atoms with van der Waals surface area (Å²) in [6.45, 7) is 3.98. The Hall–Kier alpha value is -2.23. The minimum absolute atomic E-state index is 0.141. The van der Waals surface area contributed by atoms with E-state index >= 15 is 0 Å². The summed E-state index contributed by atoms with van der Waals surface area (Å²) in [6, 6.07) is 7.51. The smallest absolute Gasteiger partial charge is 0.289 e.